The average molecular weight is 1680 g/mol. The van der Waals surface area contributed by atoms with Gasteiger partial charge in [0.15, 0.2) is 31.5 Å². The van der Waals surface area contributed by atoms with E-state index >= 15 is 0 Å². The number of carboxylic acids is 1. The van der Waals surface area contributed by atoms with Crippen LogP contribution in [0.15, 0.2) is 12.2 Å². The molecule has 33 atom stereocenters. The number of aliphatic carboxylic acids is 1. The van der Waals surface area contributed by atoms with Crippen LogP contribution in [0, 0.1) is 0 Å². The molecule has 6 rings (SSSR count). The number of unbranched alkanes of at least 4 members (excludes halogenated alkanes) is 23. The fourth-order valence-corrected chi connectivity index (χ4v) is 15.3. The van der Waals surface area contributed by atoms with Gasteiger partial charge in [-0.2, -0.15) is 0 Å². The van der Waals surface area contributed by atoms with Crippen LogP contribution in [0.4, 0.5) is 0 Å². The maximum absolute atomic E-state index is 13.6. The molecule has 12 unspecified atom stereocenters. The fraction of sp³-hybridized carbons (Fsp3) is 0.922. The second kappa shape index (κ2) is 52.1. The van der Waals surface area contributed by atoms with E-state index in [0.29, 0.717) is 12.8 Å². The van der Waals surface area contributed by atoms with Gasteiger partial charge in [-0.1, -0.05) is 167 Å². The number of allylic oxidation sites excluding steroid dienone is 1. The quantitative estimate of drug-likeness (QED) is 0.0204. The van der Waals surface area contributed by atoms with Crippen molar-refractivity contribution in [3.05, 3.63) is 12.2 Å². The number of hydrogen-bond acceptors (Lipinski definition) is 35. The standard InChI is InChI=1S/C77H137N3O36/c1-5-7-9-11-13-15-17-19-21-23-25-27-29-31-44(88)43(80-52(91)32-30-28-26-24-22-20-18-16-14-12-10-8-6-2)39-105-72-63(100)61(98)67(50(38-85)110-72)113-74-64(101)69(114-73-62(99)60(97)56(93)47(35-82)107-73)58(95)51(111-74)40-106-71-54(79-42(4)87)59(96)66(49(37-84)109-71)112-75-65(102)70(57(94)48(36-83)108-75)116-77(76(103)104)33-45(89)53(78-41(3)86)68(115-77)55(92)46(90)34-81/h29,31,43-51,53-75,81-85,88-90,92-102H,5-28,30,32-40H2,1-4H3,(H,78,86)(H,79,87)(H,80,91)(H,103,104)/b31-29+/t43-,44+,45?,46+,47?,48?,49?,50?,51?,53+,54?,55+,56-,57-,58-,59+,60-,61+,62?,63?,64?,65?,66+,67+,68?,69-,70-,71+,72+,73+,74-,75-,77-/m0/s1. The van der Waals surface area contributed by atoms with Crippen LogP contribution in [0.1, 0.15) is 201 Å². The van der Waals surface area contributed by atoms with Crippen LogP contribution >= 0.6 is 0 Å². The highest BCUT2D eigenvalue weighted by Gasteiger charge is 2.61. The molecule has 39 nitrogen and oxygen atoms in total. The largest absolute Gasteiger partial charge is 0.477 e. The summed E-state index contributed by atoms with van der Waals surface area (Å²) < 4.78 is 70.8. The van der Waals surface area contributed by atoms with Crippen molar-refractivity contribution in [1.29, 1.82) is 0 Å². The number of ether oxygens (including phenoxy) is 12. The lowest BCUT2D eigenvalue weighted by molar-refractivity contribution is -0.388. The second-order valence-electron chi connectivity index (χ2n) is 31.4. The molecule has 0 spiro atoms. The summed E-state index contributed by atoms with van der Waals surface area (Å²) in [5.41, 5.74) is 0. The van der Waals surface area contributed by atoms with Crippen molar-refractivity contribution >= 4 is 23.7 Å². The van der Waals surface area contributed by atoms with Crippen molar-refractivity contribution in [2.24, 2.45) is 0 Å². The minimum Gasteiger partial charge on any atom is -0.477 e. The zero-order valence-electron chi connectivity index (χ0n) is 67.1. The molecule has 3 amide bonds. The molecule has 0 bridgehead atoms. The summed E-state index contributed by atoms with van der Waals surface area (Å²) in [7, 11) is 0. The lowest BCUT2D eigenvalue weighted by atomic mass is 9.88. The summed E-state index contributed by atoms with van der Waals surface area (Å²) in [5, 5.41) is 230. The Morgan fingerprint density at radius 1 is 0.457 bits per heavy atom. The molecule has 6 aliphatic heterocycles. The summed E-state index contributed by atoms with van der Waals surface area (Å²) in [6, 6.07) is -4.66. The monoisotopic (exact) mass is 1680 g/mol. The fourth-order valence-electron chi connectivity index (χ4n) is 15.3. The van der Waals surface area contributed by atoms with Gasteiger partial charge < -0.3 is 175 Å². The van der Waals surface area contributed by atoms with Gasteiger partial charge in [0.2, 0.25) is 17.7 Å². The number of aliphatic hydroxyl groups excluding tert-OH is 19. The topological polar surface area (TPSA) is 620 Å². The van der Waals surface area contributed by atoms with Gasteiger partial charge in [0, 0.05) is 26.7 Å². The molecule has 6 aliphatic rings. The second-order valence-corrected chi connectivity index (χ2v) is 31.4. The van der Waals surface area contributed by atoms with Crippen molar-refractivity contribution in [3.63, 3.8) is 0 Å². The number of carbonyl (C=O) groups is 4. The zero-order valence-corrected chi connectivity index (χ0v) is 67.1. The van der Waals surface area contributed by atoms with Gasteiger partial charge in [0.05, 0.1) is 70.5 Å². The Bertz CT molecular complexity index is 2800. The van der Waals surface area contributed by atoms with E-state index in [4.69, 9.17) is 56.8 Å². The van der Waals surface area contributed by atoms with E-state index in [0.717, 1.165) is 71.6 Å². The number of aliphatic hydroxyl groups is 19. The maximum atomic E-state index is 13.6. The SMILES string of the molecule is CCCCCCCCCCCCC/C=C/[C@@H](O)[C@H](CO[C@@H]1OC(CO)[C@@H](O[C@@H]2OC(CO[C@@H]3OC(CO)[C@@H](O[C@@H]4OC(CO)[C@H](O)[C@H](O[C@]5(C(=O)O)CC(O)[C@@H](NC(C)=O)C([C@H](O)[C@H](O)CO)O5)C4O)[C@H](O)C3NC(C)=O)[C@H](O)[C@H](O[C@H]3OC(CO)[C@H](O)[C@H](O)C3O)C2O)[C@H](O)C1O)NC(=O)CCCCCCCCCCCCCCC. The first kappa shape index (κ1) is 101. The molecule has 0 aromatic carbocycles. The van der Waals surface area contributed by atoms with Crippen LogP contribution in [0.5, 0.6) is 0 Å². The van der Waals surface area contributed by atoms with Crippen LogP contribution < -0.4 is 16.0 Å². The van der Waals surface area contributed by atoms with Crippen LogP contribution in [0.3, 0.4) is 0 Å². The Morgan fingerprint density at radius 2 is 0.888 bits per heavy atom. The van der Waals surface area contributed by atoms with E-state index in [9.17, 15) is 121 Å². The Balaban J connectivity index is 1.18. The lowest BCUT2D eigenvalue weighted by Crippen LogP contribution is -2.71. The van der Waals surface area contributed by atoms with Crippen LogP contribution in [-0.4, -0.2) is 374 Å². The van der Waals surface area contributed by atoms with E-state index in [1.54, 1.807) is 6.08 Å². The summed E-state index contributed by atoms with van der Waals surface area (Å²) in [5.74, 6) is -7.42. The molecule has 0 saturated carbocycles. The van der Waals surface area contributed by atoms with Crippen LogP contribution in [0.25, 0.3) is 0 Å². The molecule has 676 valence electrons. The van der Waals surface area contributed by atoms with Gasteiger partial charge in [0.25, 0.3) is 5.79 Å². The van der Waals surface area contributed by atoms with E-state index in [1.807, 2.05) is 6.08 Å². The Kier molecular flexibility index (Phi) is 45.5. The van der Waals surface area contributed by atoms with E-state index < -0.39 is 272 Å². The smallest absolute Gasteiger partial charge is 0.364 e. The predicted molar refractivity (Wildman–Crippen MR) is 402 cm³/mol. The molecule has 0 aliphatic carbocycles. The molecule has 0 radical (unpaired) electrons. The number of rotatable bonds is 53. The number of nitrogens with one attached hydrogen (secondary N) is 3. The third-order valence-electron chi connectivity index (χ3n) is 22.2. The van der Waals surface area contributed by atoms with E-state index in [1.165, 1.54) is 89.9 Å². The van der Waals surface area contributed by atoms with Crippen molar-refractivity contribution < 1.29 is 178 Å². The molecule has 39 heteroatoms. The summed E-state index contributed by atoms with van der Waals surface area (Å²) in [4.78, 5) is 51.9. The van der Waals surface area contributed by atoms with Gasteiger partial charge in [-0.3, -0.25) is 14.4 Å². The van der Waals surface area contributed by atoms with Crippen molar-refractivity contribution in [2.75, 3.05) is 46.2 Å². The van der Waals surface area contributed by atoms with Crippen molar-refractivity contribution in [1.82, 2.24) is 16.0 Å². The van der Waals surface area contributed by atoms with Crippen LogP contribution in [-0.2, 0) is 76.0 Å². The lowest BCUT2D eigenvalue weighted by Gasteiger charge is -2.51. The predicted octanol–water partition coefficient (Wildman–Crippen LogP) is -4.00. The minimum atomic E-state index is -3.22. The zero-order chi connectivity index (χ0) is 85.3. The van der Waals surface area contributed by atoms with Gasteiger partial charge >= 0.3 is 5.97 Å². The Hall–Kier alpha value is -3.62. The molecule has 6 heterocycles. The first-order chi connectivity index (χ1) is 55.5. The van der Waals surface area contributed by atoms with E-state index in [-0.39, 0.29) is 12.3 Å². The number of carbonyl (C=O) groups excluding carboxylic acids is 3. The number of hydrogen-bond donors (Lipinski definition) is 23. The maximum Gasteiger partial charge on any atom is 0.364 e. The van der Waals surface area contributed by atoms with Crippen molar-refractivity contribution in [3.8, 4) is 0 Å². The molecule has 0 aromatic heterocycles. The summed E-state index contributed by atoms with van der Waals surface area (Å²) >= 11 is 0. The molecule has 23 N–H and O–H groups in total. The average Bonchev–Trinajstić information content (AvgIpc) is 0.751. The molecule has 116 heavy (non-hydrogen) atoms. The summed E-state index contributed by atoms with van der Waals surface area (Å²) in [6.07, 6.45) is -29.1. The third kappa shape index (κ3) is 29.6. The molecular formula is C77H137N3O36. The number of amides is 3. The van der Waals surface area contributed by atoms with Gasteiger partial charge in [-0.25, -0.2) is 4.79 Å². The molecule has 0 aromatic rings. The van der Waals surface area contributed by atoms with Gasteiger partial charge in [-0.05, 0) is 19.3 Å². The molecule has 6 fully saturated rings. The third-order valence-corrected chi connectivity index (χ3v) is 22.2. The Labute approximate surface area is 676 Å². The van der Waals surface area contributed by atoms with Crippen molar-refractivity contribution in [2.45, 2.75) is 403 Å². The summed E-state index contributed by atoms with van der Waals surface area (Å²) in [6.45, 7) is -0.540. The first-order valence-electron chi connectivity index (χ1n) is 41.6. The molecule has 6 saturated heterocycles. The Morgan fingerprint density at radius 3 is 1.40 bits per heavy atom. The highest BCUT2D eigenvalue weighted by molar-refractivity contribution is 5.77. The normalized spacial score (nSPS) is 36.9. The minimum absolute atomic E-state index is 0.140. The van der Waals surface area contributed by atoms with Gasteiger partial charge in [-0.15, -0.1) is 0 Å². The first-order valence-corrected chi connectivity index (χ1v) is 41.6. The highest BCUT2D eigenvalue weighted by Crippen LogP contribution is 2.40. The van der Waals surface area contributed by atoms with E-state index in [2.05, 4.69) is 29.8 Å². The number of carboxylic acid groups (broad SMARTS) is 1. The molecular weight excluding hydrogens is 1540 g/mol. The van der Waals surface area contributed by atoms with Gasteiger partial charge in [0.1, 0.15) is 140 Å². The highest BCUT2D eigenvalue weighted by atomic mass is 16.8. The van der Waals surface area contributed by atoms with Crippen LogP contribution in [0.2, 0.25) is 0 Å².